The number of anilines is 1. The molecule has 3 aromatic rings. The molecule has 2 aliphatic rings. The third-order valence-electron chi connectivity index (χ3n) is 6.40. The molecule has 2 aromatic carbocycles. The molecule has 2 amide bonds. The molecule has 36 heavy (non-hydrogen) atoms. The zero-order valence-electron chi connectivity index (χ0n) is 20.0. The Balaban J connectivity index is 1.16. The molecule has 1 aliphatic carbocycles. The first-order valence-electron chi connectivity index (χ1n) is 12.0. The molecule has 0 atom stereocenters. The van der Waals surface area contributed by atoms with Gasteiger partial charge in [-0.15, -0.1) is 0 Å². The minimum absolute atomic E-state index is 0.124. The van der Waals surface area contributed by atoms with Crippen molar-refractivity contribution in [2.45, 2.75) is 45.4 Å². The molecule has 2 heterocycles. The molecule has 184 valence electrons. The van der Waals surface area contributed by atoms with E-state index in [1.54, 1.807) is 4.90 Å². The molecule has 7 nitrogen and oxygen atoms in total. The van der Waals surface area contributed by atoms with Gasteiger partial charge in [0.25, 0.3) is 5.91 Å². The van der Waals surface area contributed by atoms with Crippen LogP contribution in [0.15, 0.2) is 52.0 Å². The van der Waals surface area contributed by atoms with Gasteiger partial charge in [-0.1, -0.05) is 65.9 Å². The van der Waals surface area contributed by atoms with Gasteiger partial charge in [0.1, 0.15) is 4.32 Å². The molecule has 1 aromatic heterocycles. The Morgan fingerprint density at radius 1 is 1.14 bits per heavy atom. The number of hydrogen-bond acceptors (Lipinski definition) is 7. The molecule has 1 aliphatic heterocycles. The van der Waals surface area contributed by atoms with Gasteiger partial charge in [-0.05, 0) is 78.2 Å². The average molecular weight is 519 g/mol. The Kier molecular flexibility index (Phi) is 7.29. The number of fused-ring (bicyclic) bond motifs is 1. The van der Waals surface area contributed by atoms with E-state index >= 15 is 0 Å². The lowest BCUT2D eigenvalue weighted by atomic mass is 9.90. The van der Waals surface area contributed by atoms with Gasteiger partial charge in [0, 0.05) is 18.5 Å². The normalized spacial score (nSPS) is 16.5. The predicted octanol–water partition coefficient (Wildman–Crippen LogP) is 5.54. The van der Waals surface area contributed by atoms with Crippen molar-refractivity contribution in [3.63, 3.8) is 0 Å². The zero-order valence-corrected chi connectivity index (χ0v) is 21.6. The Morgan fingerprint density at radius 3 is 2.72 bits per heavy atom. The smallest absolute Gasteiger partial charge is 0.266 e. The van der Waals surface area contributed by atoms with Gasteiger partial charge in [0.15, 0.2) is 5.69 Å². The highest BCUT2D eigenvalue weighted by Crippen LogP contribution is 2.33. The summed E-state index contributed by atoms with van der Waals surface area (Å²) in [7, 11) is 0. The molecular formula is C27H26N4O3S2. The highest BCUT2D eigenvalue weighted by Gasteiger charge is 2.31. The number of benzene rings is 2. The summed E-state index contributed by atoms with van der Waals surface area (Å²) in [6.45, 7) is 2.39. The monoisotopic (exact) mass is 518 g/mol. The number of rotatable bonds is 7. The maximum absolute atomic E-state index is 12.8. The molecule has 0 radical (unpaired) electrons. The van der Waals surface area contributed by atoms with Gasteiger partial charge in [-0.2, -0.15) is 0 Å². The topological polar surface area (TPSA) is 88.3 Å². The van der Waals surface area contributed by atoms with Crippen LogP contribution in [0.5, 0.6) is 0 Å². The third-order valence-corrected chi connectivity index (χ3v) is 7.78. The number of nitrogens with zero attached hydrogens (tertiary/aromatic N) is 3. The van der Waals surface area contributed by atoms with E-state index in [0.29, 0.717) is 33.7 Å². The summed E-state index contributed by atoms with van der Waals surface area (Å²) >= 11 is 6.70. The van der Waals surface area contributed by atoms with Crippen molar-refractivity contribution >= 4 is 52.0 Å². The van der Waals surface area contributed by atoms with E-state index in [0.717, 1.165) is 29.5 Å². The first-order chi connectivity index (χ1) is 17.5. The number of carbonyl (C=O) groups excluding carboxylic acids is 2. The highest BCUT2D eigenvalue weighted by molar-refractivity contribution is 8.26. The van der Waals surface area contributed by atoms with Crippen molar-refractivity contribution in [1.82, 2.24) is 15.2 Å². The van der Waals surface area contributed by atoms with Crippen LogP contribution in [0.2, 0.25) is 0 Å². The lowest BCUT2D eigenvalue weighted by Gasteiger charge is -2.16. The second kappa shape index (κ2) is 10.8. The van der Waals surface area contributed by atoms with Gasteiger partial charge in [-0.25, -0.2) is 4.63 Å². The minimum atomic E-state index is -0.217. The van der Waals surface area contributed by atoms with E-state index in [2.05, 4.69) is 27.8 Å². The SMILES string of the molecule is Cc1ccc(/C=C2\SC(=S)N(CCCC(=O)Nc3nonc3-c3ccc4c(c3)CCCC4)C2=O)cc1. The Hall–Kier alpha value is -3.30. The van der Waals surface area contributed by atoms with Crippen molar-refractivity contribution in [2.75, 3.05) is 11.9 Å². The summed E-state index contributed by atoms with van der Waals surface area (Å²) < 4.78 is 5.44. The molecule has 0 unspecified atom stereocenters. The Bertz CT molecular complexity index is 1350. The van der Waals surface area contributed by atoms with E-state index in [-0.39, 0.29) is 18.2 Å². The maximum Gasteiger partial charge on any atom is 0.266 e. The number of hydrogen-bond donors (Lipinski definition) is 1. The van der Waals surface area contributed by atoms with Crippen molar-refractivity contribution in [1.29, 1.82) is 0 Å². The summed E-state index contributed by atoms with van der Waals surface area (Å²) in [6.07, 6.45) is 7.08. The quantitative estimate of drug-likeness (QED) is 0.324. The molecule has 0 bridgehead atoms. The second-order valence-corrected chi connectivity index (χ2v) is 10.7. The third kappa shape index (κ3) is 5.42. The number of aromatic nitrogens is 2. The van der Waals surface area contributed by atoms with Crippen LogP contribution in [0.25, 0.3) is 17.3 Å². The van der Waals surface area contributed by atoms with Crippen molar-refractivity contribution < 1.29 is 14.2 Å². The first kappa shape index (κ1) is 24.4. The minimum Gasteiger partial charge on any atom is -0.306 e. The Labute approximate surface area is 219 Å². The molecular weight excluding hydrogens is 492 g/mol. The highest BCUT2D eigenvalue weighted by atomic mass is 32.2. The summed E-state index contributed by atoms with van der Waals surface area (Å²) in [5, 5.41) is 10.7. The van der Waals surface area contributed by atoms with Crippen LogP contribution < -0.4 is 5.32 Å². The Morgan fingerprint density at radius 2 is 1.92 bits per heavy atom. The van der Waals surface area contributed by atoms with Crippen molar-refractivity contribution in [3.8, 4) is 11.3 Å². The number of thioether (sulfide) groups is 1. The number of carbonyl (C=O) groups is 2. The zero-order chi connectivity index (χ0) is 25.1. The van der Waals surface area contributed by atoms with E-state index in [9.17, 15) is 9.59 Å². The average Bonchev–Trinajstić information content (AvgIpc) is 3.44. The van der Waals surface area contributed by atoms with Crippen LogP contribution in [-0.2, 0) is 22.4 Å². The standard InChI is InChI=1S/C27H26N4O3S2/c1-17-8-10-18(11-9-17)15-22-26(33)31(27(35)36-22)14-4-7-23(32)28-25-24(29-34-30-25)21-13-12-19-5-2-3-6-20(19)16-21/h8-13,15-16H,2-7,14H2,1H3,(H,28,30,32)/b22-15-. The van der Waals surface area contributed by atoms with Gasteiger partial charge < -0.3 is 5.32 Å². The van der Waals surface area contributed by atoms with Crippen molar-refractivity contribution in [2.24, 2.45) is 0 Å². The maximum atomic E-state index is 12.8. The van der Waals surface area contributed by atoms with Crippen LogP contribution in [0.1, 0.15) is 47.9 Å². The van der Waals surface area contributed by atoms with Gasteiger partial charge in [-0.3, -0.25) is 14.5 Å². The van der Waals surface area contributed by atoms with E-state index in [4.69, 9.17) is 16.8 Å². The van der Waals surface area contributed by atoms with Crippen LogP contribution in [0.3, 0.4) is 0 Å². The number of aryl methyl sites for hydroxylation is 3. The van der Waals surface area contributed by atoms with Crippen LogP contribution in [0.4, 0.5) is 5.82 Å². The van der Waals surface area contributed by atoms with Crippen LogP contribution in [-0.4, -0.2) is 37.9 Å². The predicted molar refractivity (Wildman–Crippen MR) is 145 cm³/mol. The van der Waals surface area contributed by atoms with E-state index in [1.165, 1.54) is 35.7 Å². The number of thiocarbonyl (C=S) groups is 1. The fourth-order valence-corrected chi connectivity index (χ4v) is 5.75. The lowest BCUT2D eigenvalue weighted by Crippen LogP contribution is -2.29. The molecule has 1 saturated heterocycles. The summed E-state index contributed by atoms with van der Waals surface area (Å²) in [5.74, 6) is -0.0330. The number of nitrogens with one attached hydrogen (secondary N) is 1. The molecule has 9 heteroatoms. The van der Waals surface area contributed by atoms with Gasteiger partial charge in [0.05, 0.1) is 4.91 Å². The second-order valence-electron chi connectivity index (χ2n) is 9.05. The van der Waals surface area contributed by atoms with E-state index in [1.807, 2.05) is 43.3 Å². The van der Waals surface area contributed by atoms with Crippen molar-refractivity contribution in [3.05, 3.63) is 69.6 Å². The fourth-order valence-electron chi connectivity index (χ4n) is 4.44. The molecule has 0 saturated carbocycles. The summed E-state index contributed by atoms with van der Waals surface area (Å²) in [5.41, 5.74) is 6.21. The van der Waals surface area contributed by atoms with Gasteiger partial charge in [0.2, 0.25) is 11.7 Å². The first-order valence-corrected chi connectivity index (χ1v) is 13.3. The van der Waals surface area contributed by atoms with Gasteiger partial charge >= 0.3 is 0 Å². The largest absolute Gasteiger partial charge is 0.306 e. The van der Waals surface area contributed by atoms with Crippen LogP contribution >= 0.6 is 24.0 Å². The lowest BCUT2D eigenvalue weighted by molar-refractivity contribution is -0.122. The fraction of sp³-hybridized carbons (Fsp3) is 0.296. The van der Waals surface area contributed by atoms with E-state index < -0.39 is 0 Å². The molecule has 1 N–H and O–H groups in total. The molecule has 5 rings (SSSR count). The summed E-state index contributed by atoms with van der Waals surface area (Å²) in [4.78, 5) is 27.6. The number of amides is 2. The van der Waals surface area contributed by atoms with Crippen LogP contribution in [0, 0.1) is 6.92 Å². The summed E-state index contributed by atoms with van der Waals surface area (Å²) in [6, 6.07) is 14.2. The molecule has 0 spiro atoms. The molecule has 1 fully saturated rings.